The fourth-order valence-electron chi connectivity index (χ4n) is 1.62. The molecule has 8 heteroatoms. The van der Waals surface area contributed by atoms with Crippen LogP contribution in [0.25, 0.3) is 0 Å². The zero-order chi connectivity index (χ0) is 15.4. The number of ketones is 1. The minimum Gasteiger partial charge on any atom is -0.295 e. The van der Waals surface area contributed by atoms with Crippen molar-refractivity contribution in [2.24, 2.45) is 0 Å². The number of benzene rings is 1. The lowest BCUT2D eigenvalue weighted by Gasteiger charge is -2.11. The largest absolute Gasteiger partial charge is 0.295 e. The Morgan fingerprint density at radius 1 is 1.33 bits per heavy atom. The summed E-state index contributed by atoms with van der Waals surface area (Å²) in [6.45, 7) is 0. The number of rotatable bonds is 4. The third-order valence-electron chi connectivity index (χ3n) is 2.56. The lowest BCUT2D eigenvalue weighted by Crippen LogP contribution is -2.28. The van der Waals surface area contributed by atoms with Crippen LogP contribution in [0.5, 0.6) is 0 Å². The predicted octanol–water partition coefficient (Wildman–Crippen LogP) is 3.26. The third-order valence-corrected chi connectivity index (χ3v) is 3.90. The lowest BCUT2D eigenvalue weighted by molar-refractivity contribution is -0.135. The second kappa shape index (κ2) is 6.68. The maximum Gasteiger partial charge on any atom is 0.295 e. The van der Waals surface area contributed by atoms with Gasteiger partial charge in [0, 0.05) is 27.2 Å². The second-order valence-corrected chi connectivity index (χ2v) is 5.56. The van der Waals surface area contributed by atoms with E-state index >= 15 is 0 Å². The smallest absolute Gasteiger partial charge is 0.295 e. The van der Waals surface area contributed by atoms with Crippen LogP contribution in [0.2, 0.25) is 10.0 Å². The van der Waals surface area contributed by atoms with E-state index in [1.165, 1.54) is 18.3 Å². The van der Waals surface area contributed by atoms with Crippen molar-refractivity contribution in [3.05, 3.63) is 45.4 Å². The molecule has 5 nitrogen and oxygen atoms in total. The number of nitrogens with zero attached hydrogens (tertiary/aromatic N) is 2. The molecule has 0 aliphatic heterocycles. The van der Waals surface area contributed by atoms with Crippen LogP contribution >= 0.6 is 34.5 Å². The number of aromatic nitrogens is 1. The zero-order valence-corrected chi connectivity index (χ0v) is 12.7. The summed E-state index contributed by atoms with van der Waals surface area (Å²) in [5.74, 6) is -3.25. The summed E-state index contributed by atoms with van der Waals surface area (Å²) in [7, 11) is 0. The molecule has 0 spiro atoms. The lowest BCUT2D eigenvalue weighted by atomic mass is 9.95. The van der Waals surface area contributed by atoms with Crippen molar-refractivity contribution in [3.8, 4) is 6.07 Å². The molecule has 1 unspecified atom stereocenters. The Hall–Kier alpha value is -1.94. The molecule has 21 heavy (non-hydrogen) atoms. The molecule has 0 radical (unpaired) electrons. The van der Waals surface area contributed by atoms with Crippen molar-refractivity contribution in [1.29, 1.82) is 5.26 Å². The van der Waals surface area contributed by atoms with Crippen molar-refractivity contribution in [3.63, 3.8) is 0 Å². The highest BCUT2D eigenvalue weighted by Gasteiger charge is 2.30. The Balaban J connectivity index is 2.27. The third kappa shape index (κ3) is 3.39. The van der Waals surface area contributed by atoms with E-state index in [0.29, 0.717) is 0 Å². The first-order chi connectivity index (χ1) is 10.0. The molecule has 2 rings (SSSR count). The standard InChI is InChI=1S/C13H7Cl2N3O2S/c14-8-2-1-3-9(15)10(8)7(6-16)11(19)12(20)18-13-17-4-5-21-13/h1-5,7H,(H,17,18,20). The first-order valence-corrected chi connectivity index (χ1v) is 7.26. The van der Waals surface area contributed by atoms with Crippen molar-refractivity contribution < 1.29 is 9.59 Å². The Morgan fingerprint density at radius 2 is 2.00 bits per heavy atom. The Bertz CT molecular complexity index is 705. The van der Waals surface area contributed by atoms with Crippen LogP contribution in [0.4, 0.5) is 5.13 Å². The van der Waals surface area contributed by atoms with Crippen LogP contribution in [0.3, 0.4) is 0 Å². The van der Waals surface area contributed by atoms with Gasteiger partial charge in [-0.3, -0.25) is 14.9 Å². The van der Waals surface area contributed by atoms with Gasteiger partial charge in [-0.2, -0.15) is 5.26 Å². The van der Waals surface area contributed by atoms with Crippen LogP contribution in [-0.2, 0) is 9.59 Å². The fourth-order valence-corrected chi connectivity index (χ4v) is 2.76. The van der Waals surface area contributed by atoms with Gasteiger partial charge in [0.1, 0.15) is 5.92 Å². The fraction of sp³-hybridized carbons (Fsp3) is 0.0769. The van der Waals surface area contributed by atoms with Crippen molar-refractivity contribution >= 4 is 51.4 Å². The Labute approximate surface area is 134 Å². The van der Waals surface area contributed by atoms with E-state index in [2.05, 4.69) is 10.3 Å². The van der Waals surface area contributed by atoms with E-state index in [9.17, 15) is 14.9 Å². The molecule has 0 saturated carbocycles. The molecule has 1 atom stereocenters. The highest BCUT2D eigenvalue weighted by molar-refractivity contribution is 7.13. The summed E-state index contributed by atoms with van der Waals surface area (Å²) in [5, 5.41) is 13.8. The first kappa shape index (κ1) is 15.4. The van der Waals surface area contributed by atoms with Gasteiger partial charge in [0.2, 0.25) is 5.78 Å². The number of Topliss-reactive ketones (excluding diaryl/α,β-unsaturated/α-hetero) is 1. The van der Waals surface area contributed by atoms with E-state index < -0.39 is 17.6 Å². The predicted molar refractivity (Wildman–Crippen MR) is 80.6 cm³/mol. The molecule has 106 valence electrons. The molecule has 0 fully saturated rings. The minimum absolute atomic E-state index is 0.127. The van der Waals surface area contributed by atoms with Crippen LogP contribution in [0, 0.1) is 11.3 Å². The van der Waals surface area contributed by atoms with Gasteiger partial charge in [-0.05, 0) is 12.1 Å². The van der Waals surface area contributed by atoms with Gasteiger partial charge < -0.3 is 0 Å². The van der Waals surface area contributed by atoms with Gasteiger partial charge >= 0.3 is 0 Å². The van der Waals surface area contributed by atoms with Crippen LogP contribution < -0.4 is 5.32 Å². The van der Waals surface area contributed by atoms with Crippen LogP contribution in [0.15, 0.2) is 29.8 Å². The van der Waals surface area contributed by atoms with Crippen molar-refractivity contribution in [1.82, 2.24) is 4.98 Å². The molecular formula is C13H7Cl2N3O2S. The number of anilines is 1. The van der Waals surface area contributed by atoms with E-state index in [1.807, 2.05) is 0 Å². The maximum absolute atomic E-state index is 12.1. The van der Waals surface area contributed by atoms with Crippen LogP contribution in [-0.4, -0.2) is 16.7 Å². The van der Waals surface area contributed by atoms with E-state index in [0.717, 1.165) is 11.3 Å². The number of thiazole rings is 1. The zero-order valence-electron chi connectivity index (χ0n) is 10.3. The normalized spacial score (nSPS) is 11.5. The molecule has 1 heterocycles. The molecule has 1 N–H and O–H groups in total. The molecule has 0 aliphatic carbocycles. The van der Waals surface area contributed by atoms with Crippen LogP contribution in [0.1, 0.15) is 11.5 Å². The van der Waals surface area contributed by atoms with Gasteiger partial charge in [-0.25, -0.2) is 4.98 Å². The molecule has 1 aromatic carbocycles. The molecule has 0 aliphatic rings. The average molecular weight is 340 g/mol. The number of nitriles is 1. The summed E-state index contributed by atoms with van der Waals surface area (Å²) < 4.78 is 0. The van der Waals surface area contributed by atoms with Crippen molar-refractivity contribution in [2.45, 2.75) is 5.92 Å². The highest BCUT2D eigenvalue weighted by atomic mass is 35.5. The van der Waals surface area contributed by atoms with Crippen molar-refractivity contribution in [2.75, 3.05) is 5.32 Å². The van der Waals surface area contributed by atoms with Gasteiger partial charge in [0.25, 0.3) is 5.91 Å². The molecular weight excluding hydrogens is 333 g/mol. The first-order valence-electron chi connectivity index (χ1n) is 5.62. The number of hydrogen-bond donors (Lipinski definition) is 1. The number of carbonyl (C=O) groups excluding carboxylic acids is 2. The molecule has 1 amide bonds. The topological polar surface area (TPSA) is 82.8 Å². The summed E-state index contributed by atoms with van der Waals surface area (Å²) >= 11 is 13.1. The number of amides is 1. The molecule has 0 bridgehead atoms. The minimum atomic E-state index is -1.37. The molecule has 0 saturated heterocycles. The SMILES string of the molecule is N#CC(C(=O)C(=O)Nc1nccs1)c1c(Cl)cccc1Cl. The summed E-state index contributed by atoms with van der Waals surface area (Å²) in [5.41, 5.74) is 0.127. The van der Waals surface area contributed by atoms with Gasteiger partial charge in [0.05, 0.1) is 6.07 Å². The highest BCUT2D eigenvalue weighted by Crippen LogP contribution is 2.32. The molecule has 2 aromatic rings. The van der Waals surface area contributed by atoms with E-state index in [-0.39, 0.29) is 20.7 Å². The maximum atomic E-state index is 12.1. The quantitative estimate of drug-likeness (QED) is 0.866. The number of carbonyl (C=O) groups is 2. The average Bonchev–Trinajstić information content (AvgIpc) is 2.95. The van der Waals surface area contributed by atoms with Gasteiger partial charge in [0.15, 0.2) is 5.13 Å². The van der Waals surface area contributed by atoms with Gasteiger partial charge in [-0.1, -0.05) is 29.3 Å². The van der Waals surface area contributed by atoms with E-state index in [4.69, 9.17) is 23.2 Å². The Morgan fingerprint density at radius 3 is 2.52 bits per heavy atom. The summed E-state index contributed by atoms with van der Waals surface area (Å²) in [4.78, 5) is 27.8. The number of hydrogen-bond acceptors (Lipinski definition) is 5. The monoisotopic (exact) mass is 339 g/mol. The number of halogens is 2. The van der Waals surface area contributed by atoms with E-state index in [1.54, 1.807) is 17.5 Å². The second-order valence-electron chi connectivity index (χ2n) is 3.85. The van der Waals surface area contributed by atoms with Gasteiger partial charge in [-0.15, -0.1) is 11.3 Å². The molecule has 1 aromatic heterocycles. The summed E-state index contributed by atoms with van der Waals surface area (Å²) in [6.07, 6.45) is 1.48. The summed E-state index contributed by atoms with van der Waals surface area (Å²) in [6, 6.07) is 6.35. The number of nitrogens with one attached hydrogen (secondary N) is 1. The Kier molecular flexibility index (Phi) is 4.91.